The van der Waals surface area contributed by atoms with Crippen molar-refractivity contribution in [3.05, 3.63) is 34.9 Å². The minimum Gasteiger partial charge on any atom is -0.379 e. The zero-order valence-electron chi connectivity index (χ0n) is 10.5. The van der Waals surface area contributed by atoms with Crippen LogP contribution in [0.15, 0.2) is 24.3 Å². The molecule has 0 saturated carbocycles. The van der Waals surface area contributed by atoms with Gasteiger partial charge >= 0.3 is 0 Å². The molecule has 1 aliphatic rings. The molecule has 1 heterocycles. The molecule has 3 nitrogen and oxygen atoms in total. The molecular weight excluding hydrogens is 250 g/mol. The summed E-state index contributed by atoms with van der Waals surface area (Å²) in [4.78, 5) is 12.3. The summed E-state index contributed by atoms with van der Waals surface area (Å²) in [7, 11) is 0. The zero-order chi connectivity index (χ0) is 13.0. The van der Waals surface area contributed by atoms with E-state index < -0.39 is 0 Å². The van der Waals surface area contributed by atoms with Gasteiger partial charge in [0.05, 0.1) is 19.1 Å². The molecule has 1 aromatic rings. The molecule has 1 fully saturated rings. The summed E-state index contributed by atoms with van der Waals surface area (Å²) in [6.45, 7) is 4.02. The van der Waals surface area contributed by atoms with Gasteiger partial charge in [-0.3, -0.25) is 4.79 Å². The maximum Gasteiger partial charge on any atom is 0.144 e. The van der Waals surface area contributed by atoms with Crippen LogP contribution in [0.25, 0.3) is 0 Å². The fourth-order valence-electron chi connectivity index (χ4n) is 2.30. The van der Waals surface area contributed by atoms with E-state index in [2.05, 4.69) is 5.32 Å². The Morgan fingerprint density at radius 2 is 2.22 bits per heavy atom. The van der Waals surface area contributed by atoms with Gasteiger partial charge in [0, 0.05) is 17.5 Å². The Morgan fingerprint density at radius 1 is 1.44 bits per heavy atom. The summed E-state index contributed by atoms with van der Waals surface area (Å²) in [6, 6.07) is 7.64. The van der Waals surface area contributed by atoms with Crippen molar-refractivity contribution < 1.29 is 9.53 Å². The molecule has 18 heavy (non-hydrogen) atoms. The number of nitrogens with one attached hydrogen (secondary N) is 1. The third-order valence-electron chi connectivity index (χ3n) is 3.28. The number of ketones is 1. The number of Topliss-reactive ketones (excluding diaryl/α,β-unsaturated/α-hetero) is 1. The number of halogens is 1. The molecule has 2 rings (SSSR count). The highest BCUT2D eigenvalue weighted by molar-refractivity contribution is 6.31. The smallest absolute Gasteiger partial charge is 0.144 e. The minimum atomic E-state index is -0.0544. The molecule has 1 saturated heterocycles. The Labute approximate surface area is 112 Å². The first-order valence-electron chi connectivity index (χ1n) is 6.29. The standard InChI is InChI=1S/C14H18ClNO2/c1-2-16-13-9-18-8-11(13)14(17)7-10-5-3-4-6-12(10)15/h3-6,11,13,16H,2,7-9H2,1H3. The Hall–Kier alpha value is -0.900. The van der Waals surface area contributed by atoms with E-state index in [4.69, 9.17) is 16.3 Å². The van der Waals surface area contributed by atoms with Crippen LogP contribution in [0.4, 0.5) is 0 Å². The van der Waals surface area contributed by atoms with Gasteiger partial charge < -0.3 is 10.1 Å². The molecular formula is C14H18ClNO2. The summed E-state index contributed by atoms with van der Waals surface area (Å²) >= 11 is 6.07. The van der Waals surface area contributed by atoms with Crippen LogP contribution in [0, 0.1) is 5.92 Å². The number of carbonyl (C=O) groups excluding carboxylic acids is 1. The molecule has 0 aromatic heterocycles. The first-order chi connectivity index (χ1) is 8.72. The van der Waals surface area contributed by atoms with Crippen molar-refractivity contribution >= 4 is 17.4 Å². The van der Waals surface area contributed by atoms with Crippen molar-refractivity contribution in [3.63, 3.8) is 0 Å². The fraction of sp³-hybridized carbons (Fsp3) is 0.500. The Morgan fingerprint density at radius 3 is 2.94 bits per heavy atom. The van der Waals surface area contributed by atoms with Crippen LogP contribution in [0.5, 0.6) is 0 Å². The van der Waals surface area contributed by atoms with Crippen LogP contribution < -0.4 is 5.32 Å². The van der Waals surface area contributed by atoms with Crippen molar-refractivity contribution in [2.24, 2.45) is 5.92 Å². The van der Waals surface area contributed by atoms with Crippen molar-refractivity contribution in [1.82, 2.24) is 5.32 Å². The number of ether oxygens (including phenoxy) is 1. The van der Waals surface area contributed by atoms with E-state index in [0.717, 1.165) is 12.1 Å². The average Bonchev–Trinajstić information content (AvgIpc) is 2.81. The van der Waals surface area contributed by atoms with Crippen LogP contribution in [-0.4, -0.2) is 31.6 Å². The van der Waals surface area contributed by atoms with E-state index >= 15 is 0 Å². The van der Waals surface area contributed by atoms with Gasteiger partial charge in [0.1, 0.15) is 5.78 Å². The lowest BCUT2D eigenvalue weighted by atomic mass is 9.93. The van der Waals surface area contributed by atoms with Crippen LogP contribution in [0.1, 0.15) is 12.5 Å². The number of hydrogen-bond donors (Lipinski definition) is 1. The van der Waals surface area contributed by atoms with E-state index in [1.165, 1.54) is 0 Å². The summed E-state index contributed by atoms with van der Waals surface area (Å²) in [5, 5.41) is 3.95. The molecule has 1 aliphatic heterocycles. The fourth-order valence-corrected chi connectivity index (χ4v) is 2.50. The van der Waals surface area contributed by atoms with Crippen molar-refractivity contribution in [2.75, 3.05) is 19.8 Å². The van der Waals surface area contributed by atoms with Crippen LogP contribution in [0.2, 0.25) is 5.02 Å². The SMILES string of the molecule is CCNC1COCC1C(=O)Cc1ccccc1Cl. The number of benzene rings is 1. The average molecular weight is 268 g/mol. The summed E-state index contributed by atoms with van der Waals surface area (Å²) in [5.74, 6) is 0.146. The molecule has 0 aliphatic carbocycles. The minimum absolute atomic E-state index is 0.0544. The van der Waals surface area contributed by atoms with Gasteiger partial charge in [0.15, 0.2) is 0 Å². The number of rotatable bonds is 5. The summed E-state index contributed by atoms with van der Waals surface area (Å²) < 4.78 is 5.40. The van der Waals surface area contributed by atoms with Gasteiger partial charge in [-0.2, -0.15) is 0 Å². The number of carbonyl (C=O) groups is 1. The molecule has 1 aromatic carbocycles. The maximum atomic E-state index is 12.3. The molecule has 2 atom stereocenters. The monoisotopic (exact) mass is 267 g/mol. The summed E-state index contributed by atoms with van der Waals surface area (Å²) in [6.07, 6.45) is 0.385. The zero-order valence-corrected chi connectivity index (χ0v) is 11.2. The second-order valence-corrected chi connectivity index (χ2v) is 4.95. The van der Waals surface area contributed by atoms with Crippen molar-refractivity contribution in [1.29, 1.82) is 0 Å². The Balaban J connectivity index is 2.01. The highest BCUT2D eigenvalue weighted by atomic mass is 35.5. The second-order valence-electron chi connectivity index (χ2n) is 4.54. The molecule has 1 N–H and O–H groups in total. The highest BCUT2D eigenvalue weighted by Gasteiger charge is 2.33. The first kappa shape index (κ1) is 13.5. The maximum absolute atomic E-state index is 12.3. The van der Waals surface area contributed by atoms with Gasteiger partial charge in [-0.25, -0.2) is 0 Å². The summed E-state index contributed by atoms with van der Waals surface area (Å²) in [5.41, 5.74) is 0.895. The van der Waals surface area contributed by atoms with Crippen LogP contribution >= 0.6 is 11.6 Å². The lowest BCUT2D eigenvalue weighted by molar-refractivity contribution is -0.122. The lowest BCUT2D eigenvalue weighted by Gasteiger charge is -2.17. The van der Waals surface area contributed by atoms with E-state index in [0.29, 0.717) is 24.7 Å². The highest BCUT2D eigenvalue weighted by Crippen LogP contribution is 2.21. The molecule has 4 heteroatoms. The molecule has 0 radical (unpaired) electrons. The van der Waals surface area contributed by atoms with E-state index in [9.17, 15) is 4.79 Å². The molecule has 0 amide bonds. The molecule has 2 unspecified atom stereocenters. The topological polar surface area (TPSA) is 38.3 Å². The Kier molecular flexibility index (Phi) is 4.75. The van der Waals surface area contributed by atoms with Crippen molar-refractivity contribution in [2.45, 2.75) is 19.4 Å². The van der Waals surface area contributed by atoms with Gasteiger partial charge in [-0.05, 0) is 18.2 Å². The van der Waals surface area contributed by atoms with E-state index in [1.54, 1.807) is 0 Å². The van der Waals surface area contributed by atoms with Crippen LogP contribution in [-0.2, 0) is 16.0 Å². The number of hydrogen-bond acceptors (Lipinski definition) is 3. The molecule has 0 spiro atoms. The van der Waals surface area contributed by atoms with Crippen LogP contribution in [0.3, 0.4) is 0 Å². The number of likely N-dealkylation sites (N-methyl/N-ethyl adjacent to an activating group) is 1. The predicted octanol–water partition coefficient (Wildman–Crippen LogP) is 2.08. The normalized spacial score (nSPS) is 23.2. The largest absolute Gasteiger partial charge is 0.379 e. The van der Waals surface area contributed by atoms with Gasteiger partial charge in [0.25, 0.3) is 0 Å². The predicted molar refractivity (Wildman–Crippen MR) is 71.9 cm³/mol. The Bertz CT molecular complexity index is 422. The molecule has 98 valence electrons. The van der Waals surface area contributed by atoms with E-state index in [-0.39, 0.29) is 17.7 Å². The van der Waals surface area contributed by atoms with Crippen molar-refractivity contribution in [3.8, 4) is 0 Å². The van der Waals surface area contributed by atoms with E-state index in [1.807, 2.05) is 31.2 Å². The molecule has 0 bridgehead atoms. The van der Waals surface area contributed by atoms with Gasteiger partial charge in [-0.1, -0.05) is 36.7 Å². The third kappa shape index (κ3) is 3.10. The van der Waals surface area contributed by atoms with Gasteiger partial charge in [0.2, 0.25) is 0 Å². The first-order valence-corrected chi connectivity index (χ1v) is 6.67. The third-order valence-corrected chi connectivity index (χ3v) is 3.65. The lowest BCUT2D eigenvalue weighted by Crippen LogP contribution is -2.39. The quantitative estimate of drug-likeness (QED) is 0.888. The van der Waals surface area contributed by atoms with Gasteiger partial charge in [-0.15, -0.1) is 0 Å². The second kappa shape index (κ2) is 6.32.